The maximum absolute atomic E-state index is 6.20. The van der Waals surface area contributed by atoms with Gasteiger partial charge in [0.05, 0.1) is 55.3 Å². The summed E-state index contributed by atoms with van der Waals surface area (Å²) in [5, 5.41) is 28.3. The second-order valence-electron chi connectivity index (χ2n) is 10.1. The zero-order valence-corrected chi connectivity index (χ0v) is 23.7. The molecule has 4 N–H and O–H groups in total. The first-order chi connectivity index (χ1) is 19.3. The number of fused-ring (bicyclic) bond motifs is 1. The highest BCUT2D eigenvalue weighted by molar-refractivity contribution is 5.99. The Hall–Kier alpha value is -4.99. The zero-order chi connectivity index (χ0) is 28.1. The first-order valence-electron chi connectivity index (χ1n) is 12.7. The highest BCUT2D eigenvalue weighted by atomic mass is 35.5. The smallest absolute Gasteiger partial charge is 0.134 e. The Bertz CT molecular complexity index is 1760. The van der Waals surface area contributed by atoms with Crippen LogP contribution in [0.3, 0.4) is 0 Å². The maximum atomic E-state index is 6.20. The molecule has 0 heterocycles. The summed E-state index contributed by atoms with van der Waals surface area (Å²) in [7, 11) is 6.35. The minimum atomic E-state index is 0. The van der Waals surface area contributed by atoms with Crippen molar-refractivity contribution in [1.29, 1.82) is 0 Å². The fourth-order valence-electron chi connectivity index (χ4n) is 4.02. The number of nitrogens with zero attached hydrogens (tertiary/aromatic N) is 7. The topological polar surface area (TPSA) is 126 Å². The van der Waals surface area contributed by atoms with Gasteiger partial charge in [-0.05, 0) is 48.5 Å². The largest absolute Gasteiger partial charge is 1.00 e. The lowest BCUT2D eigenvalue weighted by molar-refractivity contribution is -0.00000838. The number of nitrogens with two attached hydrogens (primary N) is 2. The van der Waals surface area contributed by atoms with Crippen molar-refractivity contribution in [2.24, 2.45) is 30.7 Å². The van der Waals surface area contributed by atoms with Gasteiger partial charge in [-0.3, -0.25) is 4.48 Å². The number of quaternary nitrogens is 1. The normalized spacial score (nSPS) is 12.0. The summed E-state index contributed by atoms with van der Waals surface area (Å²) < 4.78 is 0.696. The van der Waals surface area contributed by atoms with E-state index in [1.165, 1.54) is 0 Å². The Morgan fingerprint density at radius 1 is 0.463 bits per heavy atom. The van der Waals surface area contributed by atoms with Crippen LogP contribution in [-0.2, 0) is 0 Å². The van der Waals surface area contributed by atoms with Crippen LogP contribution in [0.4, 0.5) is 51.2 Å². The van der Waals surface area contributed by atoms with Crippen LogP contribution in [-0.4, -0.2) is 21.1 Å². The van der Waals surface area contributed by atoms with Crippen LogP contribution in [0.5, 0.6) is 0 Å². The van der Waals surface area contributed by atoms with Gasteiger partial charge in [0.15, 0.2) is 0 Å². The van der Waals surface area contributed by atoms with Crippen LogP contribution < -0.4 is 28.4 Å². The van der Waals surface area contributed by atoms with Gasteiger partial charge in [-0.1, -0.05) is 48.5 Å². The summed E-state index contributed by atoms with van der Waals surface area (Å²) in [6, 6.07) is 32.4. The molecule has 0 aliphatic heterocycles. The van der Waals surface area contributed by atoms with Crippen molar-refractivity contribution in [2.45, 2.75) is 0 Å². The molecule has 0 amide bonds. The molecule has 0 aliphatic rings. The van der Waals surface area contributed by atoms with E-state index in [1.54, 1.807) is 12.1 Å². The molecule has 0 unspecified atom stereocenters. The molecule has 206 valence electrons. The molecule has 0 aromatic heterocycles. The van der Waals surface area contributed by atoms with E-state index in [0.29, 0.717) is 38.6 Å². The van der Waals surface area contributed by atoms with Crippen molar-refractivity contribution in [3.05, 3.63) is 103 Å². The van der Waals surface area contributed by atoms with Gasteiger partial charge in [-0.15, -0.1) is 20.5 Å². The number of azo groups is 3. The van der Waals surface area contributed by atoms with Crippen molar-refractivity contribution >= 4 is 62.0 Å². The summed E-state index contributed by atoms with van der Waals surface area (Å²) in [6.07, 6.45) is 0. The van der Waals surface area contributed by atoms with Gasteiger partial charge < -0.3 is 23.9 Å². The Morgan fingerprint density at radius 2 is 0.951 bits per heavy atom. The Balaban J connectivity index is 0.00000387. The minimum absolute atomic E-state index is 0. The van der Waals surface area contributed by atoms with Crippen LogP contribution in [0.2, 0.25) is 0 Å². The molecule has 10 heteroatoms. The number of benzene rings is 5. The van der Waals surface area contributed by atoms with E-state index in [0.717, 1.165) is 27.8 Å². The third-order valence-electron chi connectivity index (χ3n) is 6.23. The molecule has 0 aliphatic carbocycles. The van der Waals surface area contributed by atoms with Crippen LogP contribution in [0, 0.1) is 0 Å². The Labute approximate surface area is 245 Å². The maximum Gasteiger partial charge on any atom is 0.134 e. The van der Waals surface area contributed by atoms with Crippen molar-refractivity contribution in [1.82, 2.24) is 4.48 Å². The fourth-order valence-corrected chi connectivity index (χ4v) is 4.02. The summed E-state index contributed by atoms with van der Waals surface area (Å²) in [5.41, 5.74) is 18.1. The van der Waals surface area contributed by atoms with Crippen molar-refractivity contribution in [3.63, 3.8) is 0 Å². The van der Waals surface area contributed by atoms with Crippen molar-refractivity contribution in [2.75, 3.05) is 32.6 Å². The first-order valence-corrected chi connectivity index (χ1v) is 12.7. The predicted molar refractivity (Wildman–Crippen MR) is 164 cm³/mol. The SMILES string of the molecule is C[N+](C)(C)c1cccc(N=Nc2ccc(N=Nc3cc(N=Nc4ccccc4)c(N)cc3N)c3ccccc23)c1.[Cl-]. The van der Waals surface area contributed by atoms with E-state index in [9.17, 15) is 0 Å². The molecule has 41 heavy (non-hydrogen) atoms. The van der Waals surface area contributed by atoms with Gasteiger partial charge in [0.2, 0.25) is 0 Å². The zero-order valence-electron chi connectivity index (χ0n) is 23.0. The van der Waals surface area contributed by atoms with Gasteiger partial charge in [-0.25, -0.2) is 0 Å². The van der Waals surface area contributed by atoms with Gasteiger partial charge in [0.25, 0.3) is 0 Å². The first kappa shape index (κ1) is 29.0. The average Bonchev–Trinajstić information content (AvgIpc) is 2.95. The highest BCUT2D eigenvalue weighted by Crippen LogP contribution is 2.38. The Kier molecular flexibility index (Phi) is 8.81. The van der Waals surface area contributed by atoms with E-state index >= 15 is 0 Å². The molecule has 0 atom stereocenters. The quantitative estimate of drug-likeness (QED) is 0.134. The fraction of sp³-hybridized carbons (Fsp3) is 0.0968. The molecular formula is C31H30ClN9. The minimum Gasteiger partial charge on any atom is -1.00 e. The van der Waals surface area contributed by atoms with Gasteiger partial charge in [0, 0.05) is 16.8 Å². The summed E-state index contributed by atoms with van der Waals surface area (Å²) in [4.78, 5) is 0. The number of hydrogen-bond acceptors (Lipinski definition) is 8. The van der Waals surface area contributed by atoms with Crippen molar-refractivity contribution in [3.8, 4) is 0 Å². The Morgan fingerprint density at radius 3 is 1.56 bits per heavy atom. The monoisotopic (exact) mass is 563 g/mol. The lowest BCUT2D eigenvalue weighted by Crippen LogP contribution is -3.00. The molecule has 9 nitrogen and oxygen atoms in total. The van der Waals surface area contributed by atoms with Crippen molar-refractivity contribution < 1.29 is 12.4 Å². The number of hydrogen-bond donors (Lipinski definition) is 2. The molecule has 0 saturated carbocycles. The number of rotatable bonds is 7. The molecule has 0 bridgehead atoms. The summed E-state index contributed by atoms with van der Waals surface area (Å²) in [6.45, 7) is 0. The van der Waals surface area contributed by atoms with Crippen LogP contribution in [0.1, 0.15) is 0 Å². The summed E-state index contributed by atoms with van der Waals surface area (Å²) >= 11 is 0. The molecule has 0 radical (unpaired) electrons. The second-order valence-corrected chi connectivity index (χ2v) is 10.1. The lowest BCUT2D eigenvalue weighted by atomic mass is 10.1. The van der Waals surface area contributed by atoms with Crippen LogP contribution >= 0.6 is 0 Å². The average molecular weight is 564 g/mol. The molecule has 5 aromatic carbocycles. The molecule has 0 spiro atoms. The molecule has 0 fully saturated rings. The van der Waals surface area contributed by atoms with E-state index in [-0.39, 0.29) is 12.4 Å². The van der Waals surface area contributed by atoms with Gasteiger partial charge >= 0.3 is 0 Å². The lowest BCUT2D eigenvalue weighted by Gasteiger charge is -2.23. The van der Waals surface area contributed by atoms with E-state index in [2.05, 4.69) is 57.9 Å². The highest BCUT2D eigenvalue weighted by Gasteiger charge is 2.12. The van der Waals surface area contributed by atoms with E-state index in [4.69, 9.17) is 11.5 Å². The number of nitrogen functional groups attached to an aromatic ring is 2. The van der Waals surface area contributed by atoms with Gasteiger partial charge in [-0.2, -0.15) is 10.2 Å². The molecular weight excluding hydrogens is 534 g/mol. The third kappa shape index (κ3) is 6.96. The summed E-state index contributed by atoms with van der Waals surface area (Å²) in [5.74, 6) is 0. The molecule has 5 rings (SSSR count). The van der Waals surface area contributed by atoms with E-state index < -0.39 is 0 Å². The molecule has 0 saturated heterocycles. The third-order valence-corrected chi connectivity index (χ3v) is 6.23. The second kappa shape index (κ2) is 12.5. The predicted octanol–water partition coefficient (Wildman–Crippen LogP) is 6.45. The standard InChI is InChI=1S/C31H30N9.ClH/c1-40(2,3)23-13-9-12-22(18-23)35-36-28-16-17-29(25-15-8-7-14-24(25)28)37-39-31-20-30(26(32)19-27(31)33)38-34-21-10-5-4-6-11-21;/h4-20H,32-33H2,1-3H3;1H/q+1;/p-1. The van der Waals surface area contributed by atoms with Crippen LogP contribution in [0.25, 0.3) is 10.8 Å². The molecule has 5 aromatic rings. The number of anilines is 2. The number of halogens is 1. The van der Waals surface area contributed by atoms with Gasteiger partial charge in [0.1, 0.15) is 17.1 Å². The van der Waals surface area contributed by atoms with Crippen LogP contribution in [0.15, 0.2) is 134 Å². The van der Waals surface area contributed by atoms with E-state index in [1.807, 2.05) is 84.9 Å².